The second kappa shape index (κ2) is 8.01. The predicted octanol–water partition coefficient (Wildman–Crippen LogP) is 2.83. The van der Waals surface area contributed by atoms with Crippen LogP contribution in [0.2, 0.25) is 0 Å². The number of thioether (sulfide) groups is 1. The van der Waals surface area contributed by atoms with E-state index in [4.69, 9.17) is 12.2 Å². The normalized spacial score (nSPS) is 16.8. The molecule has 2 rings (SSSR count). The minimum Gasteiger partial charge on any atom is -0.550 e. The summed E-state index contributed by atoms with van der Waals surface area (Å²) < 4.78 is 39.3. The number of unbranched alkanes of at least 4 members (excludes halogenated alkanes) is 1. The van der Waals surface area contributed by atoms with Crippen LogP contribution in [0.1, 0.15) is 30.4 Å². The largest absolute Gasteiger partial charge is 0.550 e. The van der Waals surface area contributed by atoms with E-state index in [1.54, 1.807) is 0 Å². The Kier molecular flexibility index (Phi) is 6.23. The number of hydrogen-bond donors (Lipinski definition) is 0. The molecule has 0 aromatic heterocycles. The minimum absolute atomic E-state index is 0.104. The molecule has 0 spiro atoms. The van der Waals surface area contributed by atoms with Gasteiger partial charge in [0, 0.05) is 12.5 Å². The van der Waals surface area contributed by atoms with Gasteiger partial charge in [-0.1, -0.05) is 42.2 Å². The van der Waals surface area contributed by atoms with Gasteiger partial charge in [-0.15, -0.1) is 0 Å². The molecule has 1 saturated heterocycles. The fourth-order valence-electron chi connectivity index (χ4n) is 2.25. The van der Waals surface area contributed by atoms with Crippen LogP contribution >= 0.6 is 24.0 Å². The number of carbonyl (C=O) groups excluding carboxylic acids is 2. The van der Waals surface area contributed by atoms with E-state index in [0.717, 1.165) is 17.8 Å². The summed E-state index contributed by atoms with van der Waals surface area (Å²) in [6, 6.07) is 4.98. The molecule has 0 unspecified atom stereocenters. The third-order valence-corrected chi connectivity index (χ3v) is 4.82. The molecule has 1 aliphatic heterocycles. The van der Waals surface area contributed by atoms with Crippen LogP contribution in [0.25, 0.3) is 6.08 Å². The van der Waals surface area contributed by atoms with Gasteiger partial charge in [0.2, 0.25) is 0 Å². The number of alkyl halides is 3. The molecule has 0 atom stereocenters. The summed E-state index contributed by atoms with van der Waals surface area (Å²) in [7, 11) is 0. The third kappa shape index (κ3) is 5.05. The molecular weight excluding hydrogens is 375 g/mol. The molecule has 1 amide bonds. The van der Waals surface area contributed by atoms with Crippen molar-refractivity contribution in [1.82, 2.24) is 4.90 Å². The molecule has 1 aromatic carbocycles. The van der Waals surface area contributed by atoms with Crippen molar-refractivity contribution in [3.05, 3.63) is 40.3 Å². The maximum absolute atomic E-state index is 13.0. The van der Waals surface area contributed by atoms with Crippen molar-refractivity contribution in [3.63, 3.8) is 0 Å². The first kappa shape index (κ1) is 19.5. The lowest BCUT2D eigenvalue weighted by atomic mass is 10.1. The van der Waals surface area contributed by atoms with Gasteiger partial charge in [0.1, 0.15) is 4.32 Å². The smallest absolute Gasteiger partial charge is 0.416 e. The molecule has 0 radical (unpaired) electrons. The standard InChI is InChI=1S/C16H14F3NO3S2/c17-16(18,19)11-6-2-1-5-10(11)9-12-14(23)20(15(24)25-12)8-4-3-7-13(21)22/h1-2,5-6,9H,3-4,7-8H2,(H,21,22)/p-1/b12-9+. The monoisotopic (exact) mass is 388 g/mol. The summed E-state index contributed by atoms with van der Waals surface area (Å²) >= 11 is 6.03. The van der Waals surface area contributed by atoms with Gasteiger partial charge in [-0.05, 0) is 37.0 Å². The van der Waals surface area contributed by atoms with Crippen molar-refractivity contribution in [1.29, 1.82) is 0 Å². The van der Waals surface area contributed by atoms with Gasteiger partial charge in [0.15, 0.2) is 0 Å². The number of halogens is 3. The number of aliphatic carboxylic acids is 1. The summed E-state index contributed by atoms with van der Waals surface area (Å²) in [5, 5.41) is 10.4. The van der Waals surface area contributed by atoms with Crippen LogP contribution in [-0.4, -0.2) is 27.6 Å². The van der Waals surface area contributed by atoms with Gasteiger partial charge in [-0.2, -0.15) is 13.2 Å². The highest BCUT2D eigenvalue weighted by Crippen LogP contribution is 2.37. The topological polar surface area (TPSA) is 60.4 Å². The Labute approximate surface area is 151 Å². The summed E-state index contributed by atoms with van der Waals surface area (Å²) in [6.07, 6.45) is -2.72. The molecule has 0 saturated carbocycles. The average Bonchev–Trinajstić information content (AvgIpc) is 2.77. The first-order valence-corrected chi connectivity index (χ1v) is 8.54. The molecule has 25 heavy (non-hydrogen) atoms. The van der Waals surface area contributed by atoms with E-state index < -0.39 is 23.6 Å². The molecule has 1 fully saturated rings. The van der Waals surface area contributed by atoms with E-state index in [1.165, 1.54) is 29.2 Å². The lowest BCUT2D eigenvalue weighted by Crippen LogP contribution is -2.29. The Morgan fingerprint density at radius 2 is 1.96 bits per heavy atom. The number of carbonyl (C=O) groups is 2. The molecule has 4 nitrogen and oxygen atoms in total. The number of thiocarbonyl (C=S) groups is 1. The summed E-state index contributed by atoms with van der Waals surface area (Å²) in [6.45, 7) is 0.218. The molecule has 0 aliphatic carbocycles. The first-order valence-electron chi connectivity index (χ1n) is 7.31. The maximum atomic E-state index is 13.0. The quantitative estimate of drug-likeness (QED) is 0.426. The number of carboxylic acid groups (broad SMARTS) is 1. The zero-order chi connectivity index (χ0) is 18.6. The molecule has 0 N–H and O–H groups in total. The Morgan fingerprint density at radius 3 is 2.60 bits per heavy atom. The molecule has 9 heteroatoms. The van der Waals surface area contributed by atoms with Gasteiger partial charge in [0.25, 0.3) is 5.91 Å². The van der Waals surface area contributed by atoms with Crippen molar-refractivity contribution in [3.8, 4) is 0 Å². The van der Waals surface area contributed by atoms with Crippen LogP contribution < -0.4 is 5.11 Å². The van der Waals surface area contributed by atoms with Gasteiger partial charge in [0.05, 0.1) is 10.5 Å². The van der Waals surface area contributed by atoms with E-state index in [-0.39, 0.29) is 27.8 Å². The Morgan fingerprint density at radius 1 is 1.28 bits per heavy atom. The zero-order valence-electron chi connectivity index (χ0n) is 12.8. The van der Waals surface area contributed by atoms with Crippen LogP contribution in [0, 0.1) is 0 Å². The Balaban J connectivity index is 2.14. The molecule has 1 aromatic rings. The lowest BCUT2D eigenvalue weighted by Gasteiger charge is -2.14. The number of carboxylic acids is 1. The fraction of sp³-hybridized carbons (Fsp3) is 0.312. The second-order valence-electron chi connectivity index (χ2n) is 5.25. The second-order valence-corrected chi connectivity index (χ2v) is 6.92. The predicted molar refractivity (Wildman–Crippen MR) is 90.2 cm³/mol. The van der Waals surface area contributed by atoms with E-state index in [0.29, 0.717) is 12.8 Å². The summed E-state index contributed by atoms with van der Waals surface area (Å²) in [4.78, 5) is 24.1. The van der Waals surface area contributed by atoms with Crippen molar-refractivity contribution in [2.75, 3.05) is 6.54 Å². The SMILES string of the molecule is O=C([O-])CCCCN1C(=O)/C(=C\c2ccccc2C(F)(F)F)SC1=S. The Hall–Kier alpha value is -1.87. The van der Waals surface area contributed by atoms with Crippen LogP contribution in [0.15, 0.2) is 29.2 Å². The average molecular weight is 388 g/mol. The van der Waals surface area contributed by atoms with Crippen LogP contribution in [0.4, 0.5) is 13.2 Å². The van der Waals surface area contributed by atoms with Gasteiger partial charge >= 0.3 is 6.18 Å². The molecule has 0 bridgehead atoms. The maximum Gasteiger partial charge on any atom is 0.416 e. The number of hydrogen-bond acceptors (Lipinski definition) is 5. The minimum atomic E-state index is -4.52. The van der Waals surface area contributed by atoms with E-state index >= 15 is 0 Å². The van der Waals surface area contributed by atoms with E-state index in [2.05, 4.69) is 0 Å². The number of amides is 1. The highest BCUT2D eigenvalue weighted by Gasteiger charge is 2.35. The number of rotatable bonds is 6. The summed E-state index contributed by atoms with van der Waals surface area (Å²) in [5.74, 6) is -1.64. The summed E-state index contributed by atoms with van der Waals surface area (Å²) in [5.41, 5.74) is -0.929. The van der Waals surface area contributed by atoms with Crippen molar-refractivity contribution < 1.29 is 27.9 Å². The van der Waals surface area contributed by atoms with Gasteiger partial charge in [-0.25, -0.2) is 0 Å². The van der Waals surface area contributed by atoms with E-state index in [1.807, 2.05) is 0 Å². The highest BCUT2D eigenvalue weighted by molar-refractivity contribution is 8.26. The van der Waals surface area contributed by atoms with Crippen molar-refractivity contribution >= 4 is 46.3 Å². The third-order valence-electron chi connectivity index (χ3n) is 3.44. The zero-order valence-corrected chi connectivity index (χ0v) is 14.5. The van der Waals surface area contributed by atoms with Crippen molar-refractivity contribution in [2.45, 2.75) is 25.4 Å². The number of nitrogens with zero attached hydrogens (tertiary/aromatic N) is 1. The van der Waals surface area contributed by atoms with E-state index in [9.17, 15) is 27.9 Å². The lowest BCUT2D eigenvalue weighted by molar-refractivity contribution is -0.305. The molecule has 1 heterocycles. The molecule has 1 aliphatic rings. The molecular formula is C16H13F3NO3S2-. The first-order chi connectivity index (χ1) is 11.7. The van der Waals surface area contributed by atoms with Gasteiger partial charge in [-0.3, -0.25) is 9.69 Å². The van der Waals surface area contributed by atoms with Gasteiger partial charge < -0.3 is 9.90 Å². The van der Waals surface area contributed by atoms with Crippen LogP contribution in [0.3, 0.4) is 0 Å². The van der Waals surface area contributed by atoms with Crippen LogP contribution in [-0.2, 0) is 15.8 Å². The fourth-order valence-corrected chi connectivity index (χ4v) is 3.55. The van der Waals surface area contributed by atoms with Crippen LogP contribution in [0.5, 0.6) is 0 Å². The molecule has 134 valence electrons. The Bertz CT molecular complexity index is 732. The number of benzene rings is 1. The highest BCUT2D eigenvalue weighted by atomic mass is 32.2. The van der Waals surface area contributed by atoms with Crippen molar-refractivity contribution in [2.24, 2.45) is 0 Å².